The smallest absolute Gasteiger partial charge is 0.328 e. The number of amides is 3. The Balaban J connectivity index is 2.29. The van der Waals surface area contributed by atoms with E-state index in [0.29, 0.717) is 6.42 Å². The van der Waals surface area contributed by atoms with E-state index in [1.54, 1.807) is 24.3 Å². The largest absolute Gasteiger partial charge is 0.467 e. The lowest BCUT2D eigenvalue weighted by molar-refractivity contribution is -0.145. The number of nitrogens with one attached hydrogen (secondary N) is 1. The molecule has 1 aromatic carbocycles. The summed E-state index contributed by atoms with van der Waals surface area (Å²) in [5, 5.41) is 2.52. The average Bonchev–Trinajstić information content (AvgIpc) is 2.83. The fraction of sp³-hybridized carbons (Fsp3) is 0.444. The van der Waals surface area contributed by atoms with E-state index in [9.17, 15) is 19.2 Å². The van der Waals surface area contributed by atoms with Crippen molar-refractivity contribution in [2.24, 2.45) is 5.92 Å². The molecule has 1 N–H and O–H groups in total. The molecule has 25 heavy (non-hydrogen) atoms. The van der Waals surface area contributed by atoms with Gasteiger partial charge in [0, 0.05) is 0 Å². The van der Waals surface area contributed by atoms with Crippen molar-refractivity contribution < 1.29 is 23.9 Å². The summed E-state index contributed by atoms with van der Waals surface area (Å²) < 4.78 is 4.59. The summed E-state index contributed by atoms with van der Waals surface area (Å²) in [6.07, 6.45) is 0.297. The van der Waals surface area contributed by atoms with Crippen LogP contribution < -0.4 is 5.32 Å². The van der Waals surface area contributed by atoms with Gasteiger partial charge in [0.25, 0.3) is 11.8 Å². The molecule has 2 atom stereocenters. The molecule has 0 bridgehead atoms. The Bertz CT molecular complexity index is 678. The van der Waals surface area contributed by atoms with Crippen LogP contribution in [0.2, 0.25) is 0 Å². The molecule has 0 saturated carbocycles. The SMILES string of the molecule is COC(=O)C(C)NC(=O)C(CC(C)C)N1C(=O)c2ccccc2C1=O. The molecular formula is C18H22N2O5. The van der Waals surface area contributed by atoms with Gasteiger partial charge >= 0.3 is 5.97 Å². The molecule has 2 rings (SSSR count). The second kappa shape index (κ2) is 7.46. The fourth-order valence-corrected chi connectivity index (χ4v) is 2.81. The third-order valence-electron chi connectivity index (χ3n) is 4.05. The molecule has 7 nitrogen and oxygen atoms in total. The van der Waals surface area contributed by atoms with E-state index in [4.69, 9.17) is 0 Å². The molecule has 1 aliphatic heterocycles. The Kier molecular flexibility index (Phi) is 5.56. The Morgan fingerprint density at radius 2 is 1.60 bits per heavy atom. The standard InChI is InChI=1S/C18H22N2O5/c1-10(2)9-14(15(21)19-11(3)18(24)25-4)20-16(22)12-7-5-6-8-13(12)17(20)23/h5-8,10-11,14H,9H2,1-4H3,(H,19,21). The Morgan fingerprint density at radius 3 is 2.04 bits per heavy atom. The van der Waals surface area contributed by atoms with Gasteiger partial charge in [-0.1, -0.05) is 26.0 Å². The number of benzene rings is 1. The van der Waals surface area contributed by atoms with Crippen molar-refractivity contribution in [1.29, 1.82) is 0 Å². The summed E-state index contributed by atoms with van der Waals surface area (Å²) in [7, 11) is 1.22. The molecule has 7 heteroatoms. The van der Waals surface area contributed by atoms with Gasteiger partial charge < -0.3 is 10.1 Å². The zero-order chi connectivity index (χ0) is 18.7. The van der Waals surface area contributed by atoms with Gasteiger partial charge in [0.15, 0.2) is 0 Å². The van der Waals surface area contributed by atoms with Crippen molar-refractivity contribution in [3.63, 3.8) is 0 Å². The van der Waals surface area contributed by atoms with Crippen LogP contribution in [-0.2, 0) is 14.3 Å². The second-order valence-corrected chi connectivity index (χ2v) is 6.42. The first kappa shape index (κ1) is 18.6. The van der Waals surface area contributed by atoms with E-state index >= 15 is 0 Å². The first-order valence-electron chi connectivity index (χ1n) is 8.13. The Hall–Kier alpha value is -2.70. The number of nitrogens with zero attached hydrogens (tertiary/aromatic N) is 1. The predicted octanol–water partition coefficient (Wildman–Crippen LogP) is 1.37. The van der Waals surface area contributed by atoms with Crippen molar-refractivity contribution in [3.8, 4) is 0 Å². The monoisotopic (exact) mass is 346 g/mol. The van der Waals surface area contributed by atoms with Gasteiger partial charge in [-0.3, -0.25) is 19.3 Å². The molecule has 0 aliphatic carbocycles. The van der Waals surface area contributed by atoms with Crippen LogP contribution >= 0.6 is 0 Å². The van der Waals surface area contributed by atoms with Crippen LogP contribution in [0.3, 0.4) is 0 Å². The van der Waals surface area contributed by atoms with Crippen molar-refractivity contribution in [1.82, 2.24) is 10.2 Å². The van der Waals surface area contributed by atoms with Gasteiger partial charge in [0.1, 0.15) is 12.1 Å². The first-order chi connectivity index (χ1) is 11.8. The Morgan fingerprint density at radius 1 is 1.08 bits per heavy atom. The van der Waals surface area contributed by atoms with Crippen molar-refractivity contribution >= 4 is 23.7 Å². The number of carbonyl (C=O) groups is 4. The molecular weight excluding hydrogens is 324 g/mol. The molecule has 0 saturated heterocycles. The lowest BCUT2D eigenvalue weighted by atomic mass is 10.0. The molecule has 0 aromatic heterocycles. The summed E-state index contributed by atoms with van der Waals surface area (Å²) in [5.74, 6) is -2.08. The molecule has 2 unspecified atom stereocenters. The molecule has 134 valence electrons. The minimum Gasteiger partial charge on any atom is -0.467 e. The van der Waals surface area contributed by atoms with Crippen LogP contribution in [0, 0.1) is 5.92 Å². The topological polar surface area (TPSA) is 92.8 Å². The lowest BCUT2D eigenvalue weighted by Gasteiger charge is -2.27. The van der Waals surface area contributed by atoms with Crippen LogP contribution in [-0.4, -0.2) is 47.8 Å². The fourth-order valence-electron chi connectivity index (χ4n) is 2.81. The highest BCUT2D eigenvalue weighted by atomic mass is 16.5. The molecule has 0 fully saturated rings. The van der Waals surface area contributed by atoms with Crippen LogP contribution in [0.1, 0.15) is 47.9 Å². The lowest BCUT2D eigenvalue weighted by Crippen LogP contribution is -2.53. The van der Waals surface area contributed by atoms with Gasteiger partial charge in [-0.15, -0.1) is 0 Å². The van der Waals surface area contributed by atoms with E-state index in [-0.39, 0.29) is 17.0 Å². The normalized spacial score (nSPS) is 15.8. The highest BCUT2D eigenvalue weighted by molar-refractivity contribution is 6.22. The zero-order valence-corrected chi connectivity index (χ0v) is 14.7. The first-order valence-corrected chi connectivity index (χ1v) is 8.13. The summed E-state index contributed by atoms with van der Waals surface area (Å²) in [5.41, 5.74) is 0.574. The maximum atomic E-state index is 12.7. The minimum absolute atomic E-state index is 0.0634. The van der Waals surface area contributed by atoms with E-state index in [0.717, 1.165) is 4.90 Å². The van der Waals surface area contributed by atoms with Gasteiger partial charge in [0.2, 0.25) is 5.91 Å². The second-order valence-electron chi connectivity index (χ2n) is 6.42. The van der Waals surface area contributed by atoms with Gasteiger partial charge in [-0.2, -0.15) is 0 Å². The third-order valence-corrected chi connectivity index (χ3v) is 4.05. The molecule has 1 heterocycles. The number of fused-ring (bicyclic) bond motifs is 1. The van der Waals surface area contributed by atoms with Crippen LogP contribution in [0.15, 0.2) is 24.3 Å². The van der Waals surface area contributed by atoms with Gasteiger partial charge in [-0.05, 0) is 31.4 Å². The quantitative estimate of drug-likeness (QED) is 0.620. The summed E-state index contributed by atoms with van der Waals surface area (Å²) in [4.78, 5) is 50.5. The molecule has 0 spiro atoms. The summed E-state index contributed by atoms with van der Waals surface area (Å²) in [6.45, 7) is 5.27. The molecule has 1 aromatic rings. The van der Waals surface area contributed by atoms with Crippen molar-refractivity contribution in [2.75, 3.05) is 7.11 Å². The van der Waals surface area contributed by atoms with Gasteiger partial charge in [0.05, 0.1) is 18.2 Å². The van der Waals surface area contributed by atoms with E-state index in [1.807, 2.05) is 13.8 Å². The molecule has 3 amide bonds. The number of hydrogen-bond donors (Lipinski definition) is 1. The number of rotatable bonds is 6. The number of ether oxygens (including phenoxy) is 1. The number of methoxy groups -OCH3 is 1. The van der Waals surface area contributed by atoms with Crippen LogP contribution in [0.25, 0.3) is 0 Å². The number of hydrogen-bond acceptors (Lipinski definition) is 5. The van der Waals surface area contributed by atoms with E-state index in [2.05, 4.69) is 10.1 Å². The van der Waals surface area contributed by atoms with E-state index < -0.39 is 35.8 Å². The Labute approximate surface area is 146 Å². The minimum atomic E-state index is -0.987. The number of carbonyl (C=O) groups excluding carboxylic acids is 4. The maximum Gasteiger partial charge on any atom is 0.328 e. The van der Waals surface area contributed by atoms with Gasteiger partial charge in [-0.25, -0.2) is 4.79 Å². The maximum absolute atomic E-state index is 12.7. The highest BCUT2D eigenvalue weighted by Crippen LogP contribution is 2.27. The average molecular weight is 346 g/mol. The molecule has 1 aliphatic rings. The predicted molar refractivity (Wildman–Crippen MR) is 89.8 cm³/mol. The third kappa shape index (κ3) is 3.70. The molecule has 0 radical (unpaired) electrons. The summed E-state index contributed by atoms with van der Waals surface area (Å²) >= 11 is 0. The van der Waals surface area contributed by atoms with Crippen molar-refractivity contribution in [3.05, 3.63) is 35.4 Å². The number of imide groups is 1. The number of esters is 1. The van der Waals surface area contributed by atoms with Crippen LogP contribution in [0.5, 0.6) is 0 Å². The van der Waals surface area contributed by atoms with E-state index in [1.165, 1.54) is 14.0 Å². The highest BCUT2D eigenvalue weighted by Gasteiger charge is 2.43. The summed E-state index contributed by atoms with van der Waals surface area (Å²) in [6, 6.07) is 4.62. The van der Waals surface area contributed by atoms with Crippen molar-refractivity contribution in [2.45, 2.75) is 39.3 Å². The zero-order valence-electron chi connectivity index (χ0n) is 14.7. The van der Waals surface area contributed by atoms with Crippen LogP contribution in [0.4, 0.5) is 0 Å².